The number of pyridine rings is 1. The molecule has 0 spiro atoms. The van der Waals surface area contributed by atoms with Crippen molar-refractivity contribution in [1.82, 2.24) is 9.88 Å². The predicted molar refractivity (Wildman–Crippen MR) is 111 cm³/mol. The van der Waals surface area contributed by atoms with E-state index in [1.54, 1.807) is 0 Å². The van der Waals surface area contributed by atoms with Crippen LogP contribution in [0.1, 0.15) is 20.8 Å². The fraction of sp³-hybridized carbons (Fsp3) is 0.333. The van der Waals surface area contributed by atoms with E-state index < -0.39 is 0 Å². The second-order valence-corrected chi connectivity index (χ2v) is 6.46. The fourth-order valence-corrected chi connectivity index (χ4v) is 3.23. The van der Waals surface area contributed by atoms with Crippen molar-refractivity contribution < 1.29 is 9.53 Å². The Balaban J connectivity index is 1.97. The lowest BCUT2D eigenvalue weighted by Gasteiger charge is -2.19. The van der Waals surface area contributed by atoms with Gasteiger partial charge in [0.15, 0.2) is 0 Å². The molecule has 0 aliphatic carbocycles. The van der Waals surface area contributed by atoms with E-state index in [0.29, 0.717) is 18.0 Å². The summed E-state index contributed by atoms with van der Waals surface area (Å²) in [5.74, 6) is 0.629. The van der Waals surface area contributed by atoms with Crippen molar-refractivity contribution in [2.45, 2.75) is 20.8 Å². The van der Waals surface area contributed by atoms with E-state index in [9.17, 15) is 4.79 Å². The highest BCUT2D eigenvalue weighted by molar-refractivity contribution is 6.09. The van der Waals surface area contributed by atoms with Gasteiger partial charge in [0.1, 0.15) is 12.4 Å². The number of nitrogens with zero attached hydrogens (tertiary/aromatic N) is 2. The number of nitrogen functional groups attached to an aromatic ring is 1. The quantitative estimate of drug-likeness (QED) is 0.624. The maximum Gasteiger partial charge on any atom is 0.221 e. The Morgan fingerprint density at radius 1 is 1.19 bits per heavy atom. The first kappa shape index (κ1) is 18.9. The number of ether oxygens (including phenoxy) is 1. The van der Waals surface area contributed by atoms with Gasteiger partial charge in [-0.3, -0.25) is 4.79 Å². The zero-order valence-electron chi connectivity index (χ0n) is 16.1. The number of carbonyl (C=O) groups excluding carboxylic acids is 1. The maximum atomic E-state index is 11.3. The van der Waals surface area contributed by atoms with Crippen LogP contribution in [0.3, 0.4) is 0 Å². The molecule has 2 aromatic carbocycles. The summed E-state index contributed by atoms with van der Waals surface area (Å²) < 4.78 is 6.04. The number of amides is 1. The molecule has 0 saturated heterocycles. The van der Waals surface area contributed by atoms with Crippen molar-refractivity contribution >= 4 is 39.1 Å². The molecule has 1 amide bonds. The molecule has 3 N–H and O–H groups in total. The molecule has 0 aliphatic rings. The molecule has 0 radical (unpaired) electrons. The molecular formula is C21H26N4O2. The zero-order chi connectivity index (χ0) is 19.4. The summed E-state index contributed by atoms with van der Waals surface area (Å²) in [6.07, 6.45) is 0. The summed E-state index contributed by atoms with van der Waals surface area (Å²) in [7, 11) is 0. The van der Waals surface area contributed by atoms with Crippen LogP contribution in [0.15, 0.2) is 36.4 Å². The summed E-state index contributed by atoms with van der Waals surface area (Å²) in [4.78, 5) is 18.3. The lowest BCUT2D eigenvalue weighted by atomic mass is 10.1. The van der Waals surface area contributed by atoms with Crippen LogP contribution in [0.2, 0.25) is 0 Å². The van der Waals surface area contributed by atoms with Gasteiger partial charge < -0.3 is 20.7 Å². The molecule has 0 bridgehead atoms. The smallest absolute Gasteiger partial charge is 0.221 e. The van der Waals surface area contributed by atoms with Gasteiger partial charge in [-0.05, 0) is 43.4 Å². The fourth-order valence-electron chi connectivity index (χ4n) is 3.23. The van der Waals surface area contributed by atoms with Crippen molar-refractivity contribution in [2.24, 2.45) is 0 Å². The van der Waals surface area contributed by atoms with Crippen molar-refractivity contribution in [1.29, 1.82) is 0 Å². The number of likely N-dealkylation sites (N-methyl/N-ethyl adjacent to an activating group) is 1. The first-order valence-electron chi connectivity index (χ1n) is 9.28. The van der Waals surface area contributed by atoms with E-state index in [1.807, 2.05) is 36.4 Å². The van der Waals surface area contributed by atoms with E-state index in [0.717, 1.165) is 47.2 Å². The van der Waals surface area contributed by atoms with Crippen LogP contribution in [0.25, 0.3) is 21.8 Å². The second-order valence-electron chi connectivity index (χ2n) is 6.46. The van der Waals surface area contributed by atoms with Crippen molar-refractivity contribution in [3.05, 3.63) is 36.4 Å². The van der Waals surface area contributed by atoms with Crippen molar-refractivity contribution in [3.63, 3.8) is 0 Å². The van der Waals surface area contributed by atoms with Gasteiger partial charge in [-0.1, -0.05) is 19.9 Å². The van der Waals surface area contributed by atoms with Gasteiger partial charge in [-0.2, -0.15) is 0 Å². The number of hydrogen-bond donors (Lipinski definition) is 2. The number of benzene rings is 2. The highest BCUT2D eigenvalue weighted by Crippen LogP contribution is 2.35. The first-order chi connectivity index (χ1) is 13.0. The molecule has 6 nitrogen and oxygen atoms in total. The van der Waals surface area contributed by atoms with E-state index in [4.69, 9.17) is 15.5 Å². The summed E-state index contributed by atoms with van der Waals surface area (Å²) in [5.41, 5.74) is 9.34. The number of fused-ring (bicyclic) bond motifs is 2. The number of aromatic nitrogens is 1. The molecule has 6 heteroatoms. The number of hydrogen-bond acceptors (Lipinski definition) is 5. The lowest BCUT2D eigenvalue weighted by Crippen LogP contribution is -2.27. The molecule has 0 fully saturated rings. The Kier molecular flexibility index (Phi) is 5.76. The van der Waals surface area contributed by atoms with Crippen LogP contribution in [0.4, 0.5) is 11.4 Å². The average molecular weight is 366 g/mol. The Hall–Kier alpha value is -2.86. The molecule has 0 saturated carbocycles. The molecule has 3 aromatic rings. The van der Waals surface area contributed by atoms with E-state index >= 15 is 0 Å². The van der Waals surface area contributed by atoms with Gasteiger partial charge in [0.25, 0.3) is 0 Å². The Labute approximate surface area is 159 Å². The average Bonchev–Trinajstić information content (AvgIpc) is 2.64. The van der Waals surface area contributed by atoms with E-state index in [1.165, 1.54) is 6.92 Å². The predicted octanol–water partition coefficient (Wildman–Crippen LogP) is 3.65. The topological polar surface area (TPSA) is 80.5 Å². The molecule has 3 rings (SSSR count). The van der Waals surface area contributed by atoms with Crippen molar-refractivity contribution in [3.8, 4) is 5.75 Å². The number of nitrogens with two attached hydrogens (primary N) is 1. The SMILES string of the molecule is CCN(CC)CCOc1cccc2nc3cc(NC(C)=O)ccc3c(N)c12. The van der Waals surface area contributed by atoms with Gasteiger partial charge in [0.2, 0.25) is 5.91 Å². The lowest BCUT2D eigenvalue weighted by molar-refractivity contribution is -0.114. The Bertz CT molecular complexity index is 967. The molecule has 1 aromatic heterocycles. The first-order valence-corrected chi connectivity index (χ1v) is 9.28. The summed E-state index contributed by atoms with van der Waals surface area (Å²) in [6.45, 7) is 9.23. The standard InChI is InChI=1S/C21H26N4O2/c1-4-25(5-2)11-12-27-19-8-6-7-17-20(19)21(22)16-10-9-15(23-14(3)26)13-18(16)24-17/h6-10,13H,4-5,11-12H2,1-3H3,(H2,22,24)(H,23,26). The number of nitrogens with one attached hydrogen (secondary N) is 1. The molecule has 27 heavy (non-hydrogen) atoms. The second kappa shape index (κ2) is 8.22. The molecular weight excluding hydrogens is 340 g/mol. The van der Waals surface area contributed by atoms with Crippen LogP contribution in [-0.4, -0.2) is 42.0 Å². The highest BCUT2D eigenvalue weighted by Gasteiger charge is 2.12. The monoisotopic (exact) mass is 366 g/mol. The molecule has 0 aliphatic heterocycles. The number of carbonyl (C=O) groups is 1. The third-order valence-corrected chi connectivity index (χ3v) is 4.68. The molecule has 0 atom stereocenters. The normalized spacial score (nSPS) is 11.3. The summed E-state index contributed by atoms with van der Waals surface area (Å²) in [6, 6.07) is 11.3. The van der Waals surface area contributed by atoms with Crippen LogP contribution in [0.5, 0.6) is 5.75 Å². The largest absolute Gasteiger partial charge is 0.491 e. The Morgan fingerprint density at radius 2 is 1.96 bits per heavy atom. The van der Waals surface area contributed by atoms with Gasteiger partial charge in [-0.15, -0.1) is 0 Å². The third-order valence-electron chi connectivity index (χ3n) is 4.68. The van der Waals surface area contributed by atoms with Gasteiger partial charge >= 0.3 is 0 Å². The van der Waals surface area contributed by atoms with Gasteiger partial charge in [0, 0.05) is 24.5 Å². The zero-order valence-corrected chi connectivity index (χ0v) is 16.1. The third kappa shape index (κ3) is 4.11. The number of anilines is 2. The summed E-state index contributed by atoms with van der Waals surface area (Å²) >= 11 is 0. The maximum absolute atomic E-state index is 11.3. The minimum absolute atomic E-state index is 0.119. The molecule has 1 heterocycles. The van der Waals surface area contributed by atoms with E-state index in [-0.39, 0.29) is 5.91 Å². The van der Waals surface area contributed by atoms with Gasteiger partial charge in [-0.25, -0.2) is 4.98 Å². The highest BCUT2D eigenvalue weighted by atomic mass is 16.5. The minimum Gasteiger partial charge on any atom is -0.491 e. The minimum atomic E-state index is -0.119. The van der Waals surface area contributed by atoms with Crippen molar-refractivity contribution in [2.75, 3.05) is 37.3 Å². The molecule has 0 unspecified atom stereocenters. The van der Waals surface area contributed by atoms with Crippen LogP contribution in [-0.2, 0) is 4.79 Å². The number of rotatable bonds is 7. The summed E-state index contributed by atoms with van der Waals surface area (Å²) in [5, 5.41) is 4.45. The van der Waals surface area contributed by atoms with Crippen LogP contribution in [0, 0.1) is 0 Å². The van der Waals surface area contributed by atoms with E-state index in [2.05, 4.69) is 24.1 Å². The Morgan fingerprint density at radius 3 is 2.67 bits per heavy atom. The van der Waals surface area contributed by atoms with Gasteiger partial charge in [0.05, 0.1) is 22.1 Å². The molecule has 142 valence electrons. The van der Waals surface area contributed by atoms with Crippen LogP contribution < -0.4 is 15.8 Å². The van der Waals surface area contributed by atoms with Crippen LogP contribution >= 0.6 is 0 Å².